The zero-order valence-electron chi connectivity index (χ0n) is 22.7. The minimum atomic E-state index is -1.21. The van der Waals surface area contributed by atoms with E-state index in [-0.39, 0.29) is 66.3 Å². The number of likely N-dealkylation sites (tertiary alicyclic amines) is 1. The lowest BCUT2D eigenvalue weighted by molar-refractivity contribution is -0.119. The van der Waals surface area contributed by atoms with Crippen LogP contribution in [0.5, 0.6) is 0 Å². The topological polar surface area (TPSA) is 112 Å². The number of hydrogen-bond donors (Lipinski definition) is 1. The maximum absolute atomic E-state index is 15.6. The zero-order valence-corrected chi connectivity index (χ0v) is 22.7. The molecule has 0 bridgehead atoms. The summed E-state index contributed by atoms with van der Waals surface area (Å²) in [7, 11) is 0. The zero-order chi connectivity index (χ0) is 29.0. The fourth-order valence-corrected chi connectivity index (χ4v) is 5.85. The van der Waals surface area contributed by atoms with Gasteiger partial charge < -0.3 is 19.7 Å². The van der Waals surface area contributed by atoms with E-state index < -0.39 is 40.9 Å². The van der Waals surface area contributed by atoms with Crippen LogP contribution in [0.15, 0.2) is 36.4 Å². The molecule has 1 aliphatic carbocycles. The molecule has 2 aliphatic heterocycles. The van der Waals surface area contributed by atoms with E-state index in [4.69, 9.17) is 9.47 Å². The van der Waals surface area contributed by atoms with Crippen molar-refractivity contribution < 1.29 is 32.6 Å². The van der Waals surface area contributed by atoms with Gasteiger partial charge in [0.2, 0.25) is 5.91 Å². The first-order chi connectivity index (χ1) is 18.9. The van der Waals surface area contributed by atoms with E-state index in [0.717, 1.165) is 0 Å². The minimum absolute atomic E-state index is 0.0872. The molecule has 2 saturated heterocycles. The number of nitrogens with zero attached hydrogens (tertiary/aromatic N) is 3. The van der Waals surface area contributed by atoms with E-state index in [9.17, 15) is 19.6 Å². The summed E-state index contributed by atoms with van der Waals surface area (Å²) >= 11 is 0. The fraction of sp³-hybridized carbons (Fsp3) is 0.448. The summed E-state index contributed by atoms with van der Waals surface area (Å²) in [6, 6.07) is 10.7. The number of rotatable bonds is 5. The van der Waals surface area contributed by atoms with Crippen molar-refractivity contribution in [2.75, 3.05) is 31.1 Å². The highest BCUT2D eigenvalue weighted by Crippen LogP contribution is 2.65. The number of amides is 3. The molecule has 3 amide bonds. The van der Waals surface area contributed by atoms with Gasteiger partial charge in [-0.3, -0.25) is 9.69 Å². The second-order valence-electron chi connectivity index (χ2n) is 11.5. The fourth-order valence-electron chi connectivity index (χ4n) is 5.85. The minimum Gasteiger partial charge on any atom is -0.444 e. The number of cyclic esters (lactones) is 1. The van der Waals surface area contributed by atoms with Crippen LogP contribution in [0.3, 0.4) is 0 Å². The molecular formula is C29H30F2N4O5. The number of carbonyl (C=O) groups excluding carboxylic acids is 3. The average Bonchev–Trinajstić information content (AvgIpc) is 3.16. The van der Waals surface area contributed by atoms with Gasteiger partial charge >= 0.3 is 12.2 Å². The molecule has 4 atom stereocenters. The van der Waals surface area contributed by atoms with Crippen molar-refractivity contribution in [1.82, 2.24) is 10.2 Å². The predicted octanol–water partition coefficient (Wildman–Crippen LogP) is 4.35. The van der Waals surface area contributed by atoms with Crippen LogP contribution in [-0.4, -0.2) is 60.9 Å². The largest absolute Gasteiger partial charge is 0.444 e. The summed E-state index contributed by atoms with van der Waals surface area (Å²) < 4.78 is 41.7. The lowest BCUT2D eigenvalue weighted by Crippen LogP contribution is -2.39. The molecule has 5 rings (SSSR count). The van der Waals surface area contributed by atoms with Crippen molar-refractivity contribution in [2.24, 2.45) is 11.8 Å². The Morgan fingerprint density at radius 1 is 1.12 bits per heavy atom. The number of hydrogen-bond acceptors (Lipinski definition) is 6. The number of nitriles is 1. The molecule has 2 aromatic carbocycles. The van der Waals surface area contributed by atoms with Crippen LogP contribution in [0.1, 0.15) is 33.3 Å². The number of nitrogens with one attached hydrogen (secondary N) is 1. The number of benzene rings is 2. The highest BCUT2D eigenvalue weighted by molar-refractivity contribution is 5.90. The van der Waals surface area contributed by atoms with Crippen LogP contribution in [0.2, 0.25) is 0 Å². The number of ether oxygens (including phenoxy) is 2. The molecule has 0 aromatic heterocycles. The van der Waals surface area contributed by atoms with Crippen molar-refractivity contribution >= 4 is 23.8 Å². The third-order valence-corrected chi connectivity index (χ3v) is 7.65. The summed E-state index contributed by atoms with van der Waals surface area (Å²) in [5.41, 5.74) is -1.18. The van der Waals surface area contributed by atoms with E-state index in [2.05, 4.69) is 11.4 Å². The van der Waals surface area contributed by atoms with Gasteiger partial charge in [-0.15, -0.1) is 0 Å². The highest BCUT2D eigenvalue weighted by atomic mass is 19.1. The van der Waals surface area contributed by atoms with Gasteiger partial charge in [0.1, 0.15) is 23.3 Å². The van der Waals surface area contributed by atoms with Gasteiger partial charge in [-0.1, -0.05) is 12.1 Å². The van der Waals surface area contributed by atoms with E-state index >= 15 is 8.78 Å². The van der Waals surface area contributed by atoms with E-state index in [1.54, 1.807) is 26.8 Å². The summed E-state index contributed by atoms with van der Waals surface area (Å²) in [5.74, 6) is -2.21. The first kappa shape index (κ1) is 27.4. The summed E-state index contributed by atoms with van der Waals surface area (Å²) in [6.07, 6.45) is -1.74. The maximum Gasteiger partial charge on any atom is 0.414 e. The van der Waals surface area contributed by atoms with Crippen LogP contribution in [0, 0.1) is 34.8 Å². The molecule has 2 aromatic rings. The predicted molar refractivity (Wildman–Crippen MR) is 140 cm³/mol. The third kappa shape index (κ3) is 4.72. The molecule has 1 saturated carbocycles. The molecule has 1 N–H and O–H groups in total. The monoisotopic (exact) mass is 552 g/mol. The van der Waals surface area contributed by atoms with Crippen LogP contribution in [0.25, 0.3) is 11.1 Å². The lowest BCUT2D eigenvalue weighted by Gasteiger charge is -2.28. The van der Waals surface area contributed by atoms with Crippen molar-refractivity contribution in [3.8, 4) is 17.2 Å². The summed E-state index contributed by atoms with van der Waals surface area (Å²) in [4.78, 5) is 38.9. The molecule has 40 heavy (non-hydrogen) atoms. The molecule has 1 unspecified atom stereocenters. The Kier molecular flexibility index (Phi) is 6.68. The molecule has 0 spiro atoms. The molecule has 9 nitrogen and oxygen atoms in total. The van der Waals surface area contributed by atoms with Crippen molar-refractivity contribution in [1.29, 1.82) is 5.26 Å². The van der Waals surface area contributed by atoms with Crippen LogP contribution in [0.4, 0.5) is 24.1 Å². The maximum atomic E-state index is 15.6. The Morgan fingerprint density at radius 2 is 1.82 bits per heavy atom. The summed E-state index contributed by atoms with van der Waals surface area (Å²) in [5, 5.41) is 12.9. The number of piperidine rings is 1. The second kappa shape index (κ2) is 9.77. The van der Waals surface area contributed by atoms with Crippen molar-refractivity contribution in [2.45, 2.75) is 44.8 Å². The van der Waals surface area contributed by atoms with Gasteiger partial charge in [0, 0.05) is 43.0 Å². The Labute approximate surface area is 230 Å². The molecule has 3 fully saturated rings. The van der Waals surface area contributed by atoms with Gasteiger partial charge in [0.25, 0.3) is 0 Å². The molecule has 11 heteroatoms. The lowest BCUT2D eigenvalue weighted by atomic mass is 9.84. The van der Waals surface area contributed by atoms with Gasteiger partial charge in [0.05, 0.1) is 30.3 Å². The van der Waals surface area contributed by atoms with Gasteiger partial charge in [-0.25, -0.2) is 18.4 Å². The quantitative estimate of drug-likeness (QED) is 0.590. The van der Waals surface area contributed by atoms with Crippen molar-refractivity contribution in [3.63, 3.8) is 0 Å². The smallest absolute Gasteiger partial charge is 0.414 e. The van der Waals surface area contributed by atoms with Gasteiger partial charge in [0.15, 0.2) is 0 Å². The third-order valence-electron chi connectivity index (χ3n) is 7.65. The van der Waals surface area contributed by atoms with Crippen LogP contribution in [-0.2, 0) is 19.7 Å². The Bertz CT molecular complexity index is 1420. The molecule has 210 valence electrons. The number of anilines is 1. The van der Waals surface area contributed by atoms with Crippen LogP contribution >= 0.6 is 0 Å². The standard InChI is InChI=1S/C29H30F2N4O5/c1-16(36)33-11-18-12-35(27(38)39-18)17-8-9-19(24(31)10-17)20-6-5-7-23(30)25(20)29(15-32)21-13-34(14-22(21)29)26(37)40-28(2,3)4/h5-10,18,21-22H,11-14H2,1-4H3,(H,33,36)/t18-,21-,22+,29?/m0/s1. The Hall–Kier alpha value is -4.20. The second-order valence-corrected chi connectivity index (χ2v) is 11.5. The van der Waals surface area contributed by atoms with E-state index in [1.807, 2.05) is 0 Å². The number of carbonyl (C=O) groups is 3. The normalized spacial score (nSPS) is 25.2. The average molecular weight is 553 g/mol. The Morgan fingerprint density at radius 3 is 2.42 bits per heavy atom. The molecule has 0 radical (unpaired) electrons. The SMILES string of the molecule is CC(=O)NC[C@H]1CN(c2ccc(-c3cccc(F)c3C3(C#N)[C@@H]4CN(C(=O)OC(C)(C)C)C[C@@H]43)c(F)c2)C(=O)O1. The van der Waals surface area contributed by atoms with E-state index in [0.29, 0.717) is 0 Å². The first-order valence-corrected chi connectivity index (χ1v) is 13.1. The highest BCUT2D eigenvalue weighted by Gasteiger charge is 2.72. The first-order valence-electron chi connectivity index (χ1n) is 13.1. The molecule has 3 aliphatic rings. The summed E-state index contributed by atoms with van der Waals surface area (Å²) in [6.45, 7) is 7.38. The van der Waals surface area contributed by atoms with Gasteiger partial charge in [-0.2, -0.15) is 5.26 Å². The van der Waals surface area contributed by atoms with Crippen LogP contribution < -0.4 is 10.2 Å². The van der Waals surface area contributed by atoms with Gasteiger partial charge in [-0.05, 0) is 50.6 Å². The number of fused-ring (bicyclic) bond motifs is 1. The molecule has 2 heterocycles. The Balaban J connectivity index is 1.40. The molecular weight excluding hydrogens is 522 g/mol. The number of halogens is 2. The van der Waals surface area contributed by atoms with E-state index in [1.165, 1.54) is 47.1 Å². The van der Waals surface area contributed by atoms with Crippen molar-refractivity contribution in [3.05, 3.63) is 53.6 Å².